The van der Waals surface area contributed by atoms with Gasteiger partial charge in [-0.1, -0.05) is 59.9 Å². The lowest BCUT2D eigenvalue weighted by Crippen LogP contribution is -2.09. The number of thiazole rings is 1. The van der Waals surface area contributed by atoms with Gasteiger partial charge in [0.05, 0.1) is 15.9 Å². The quantitative estimate of drug-likeness (QED) is 0.376. The second-order valence-electron chi connectivity index (χ2n) is 5.76. The number of para-hydroxylation sites is 1. The number of aromatic nitrogens is 1. The zero-order valence-corrected chi connectivity index (χ0v) is 14.4. The van der Waals surface area contributed by atoms with Crippen molar-refractivity contribution >= 4 is 38.0 Å². The molecule has 0 spiro atoms. The van der Waals surface area contributed by atoms with E-state index in [1.165, 1.54) is 21.0 Å². The molecule has 24 heavy (non-hydrogen) atoms. The Kier molecular flexibility index (Phi) is 3.75. The van der Waals surface area contributed by atoms with Crippen LogP contribution in [0, 0.1) is 0 Å². The lowest BCUT2D eigenvalue weighted by molar-refractivity contribution is 0.888. The van der Waals surface area contributed by atoms with Gasteiger partial charge in [-0.3, -0.25) is 0 Å². The van der Waals surface area contributed by atoms with E-state index in [2.05, 4.69) is 69.4 Å². The maximum atomic E-state index is 4.47. The minimum atomic E-state index is 0.899. The Morgan fingerprint density at radius 2 is 1.67 bits per heavy atom. The van der Waals surface area contributed by atoms with Gasteiger partial charge in [-0.15, -0.1) is 5.10 Å². The zero-order valence-electron chi connectivity index (χ0n) is 13.6. The lowest BCUT2D eigenvalue weighted by atomic mass is 10.0. The molecule has 3 nitrogen and oxygen atoms in total. The summed E-state index contributed by atoms with van der Waals surface area (Å²) in [7, 11) is 2.03. The van der Waals surface area contributed by atoms with Crippen molar-refractivity contribution in [2.24, 2.45) is 17.3 Å². The molecular formula is C20H17N3S. The fourth-order valence-electron chi connectivity index (χ4n) is 2.77. The van der Waals surface area contributed by atoms with Crippen LogP contribution in [0.3, 0.4) is 0 Å². The summed E-state index contributed by atoms with van der Waals surface area (Å²) in [4.78, 5) is 0.899. The van der Waals surface area contributed by atoms with Crippen LogP contribution in [0.5, 0.6) is 0 Å². The lowest BCUT2D eigenvalue weighted by Gasteiger charge is -2.02. The van der Waals surface area contributed by atoms with E-state index in [0.29, 0.717) is 0 Å². The molecule has 0 unspecified atom stereocenters. The van der Waals surface area contributed by atoms with Gasteiger partial charge in [0.1, 0.15) is 0 Å². The molecule has 4 rings (SSSR count). The molecule has 0 aliphatic rings. The van der Waals surface area contributed by atoms with Crippen molar-refractivity contribution in [2.45, 2.75) is 6.92 Å². The molecule has 0 saturated heterocycles. The van der Waals surface area contributed by atoms with Crippen LogP contribution in [-0.2, 0) is 7.05 Å². The summed E-state index contributed by atoms with van der Waals surface area (Å²) in [6.45, 7) is 2.00. The van der Waals surface area contributed by atoms with Gasteiger partial charge >= 0.3 is 0 Å². The van der Waals surface area contributed by atoms with E-state index in [1.807, 2.05) is 26.1 Å². The Labute approximate surface area is 144 Å². The Balaban J connectivity index is 1.76. The highest BCUT2D eigenvalue weighted by molar-refractivity contribution is 7.16. The molecule has 4 aromatic rings. The van der Waals surface area contributed by atoms with Gasteiger partial charge < -0.3 is 4.57 Å². The molecule has 0 amide bonds. The van der Waals surface area contributed by atoms with Crippen LogP contribution < -0.4 is 4.80 Å². The minimum absolute atomic E-state index is 0.899. The molecule has 0 bridgehead atoms. The van der Waals surface area contributed by atoms with E-state index in [0.717, 1.165) is 16.1 Å². The van der Waals surface area contributed by atoms with Crippen LogP contribution in [0.2, 0.25) is 0 Å². The zero-order chi connectivity index (χ0) is 16.5. The van der Waals surface area contributed by atoms with Gasteiger partial charge in [0.15, 0.2) is 0 Å². The molecule has 0 radical (unpaired) electrons. The van der Waals surface area contributed by atoms with Crippen molar-refractivity contribution in [1.82, 2.24) is 4.57 Å². The minimum Gasteiger partial charge on any atom is -0.318 e. The van der Waals surface area contributed by atoms with Crippen LogP contribution in [-0.4, -0.2) is 10.3 Å². The van der Waals surface area contributed by atoms with Crippen molar-refractivity contribution in [3.63, 3.8) is 0 Å². The van der Waals surface area contributed by atoms with Crippen LogP contribution >= 0.6 is 11.3 Å². The summed E-state index contributed by atoms with van der Waals surface area (Å²) in [5.74, 6) is 0. The van der Waals surface area contributed by atoms with Crippen LogP contribution in [0.4, 0.5) is 0 Å². The molecule has 1 heterocycles. The number of aryl methyl sites for hydroxylation is 1. The molecule has 0 atom stereocenters. The van der Waals surface area contributed by atoms with Gasteiger partial charge in [0.25, 0.3) is 0 Å². The number of rotatable bonds is 2. The van der Waals surface area contributed by atoms with E-state index in [9.17, 15) is 0 Å². The molecule has 1 aromatic heterocycles. The van der Waals surface area contributed by atoms with Gasteiger partial charge in [0, 0.05) is 7.05 Å². The molecule has 0 saturated carbocycles. The predicted molar refractivity (Wildman–Crippen MR) is 103 cm³/mol. The van der Waals surface area contributed by atoms with Crippen molar-refractivity contribution in [3.05, 3.63) is 77.1 Å². The highest BCUT2D eigenvalue weighted by Gasteiger charge is 2.02. The molecule has 0 N–H and O–H groups in total. The van der Waals surface area contributed by atoms with Gasteiger partial charge in [-0.2, -0.15) is 5.10 Å². The summed E-state index contributed by atoms with van der Waals surface area (Å²) in [6, 6.07) is 23.0. The van der Waals surface area contributed by atoms with Gasteiger partial charge in [-0.25, -0.2) is 0 Å². The van der Waals surface area contributed by atoms with Crippen LogP contribution in [0.15, 0.2) is 76.9 Å². The first-order valence-electron chi connectivity index (χ1n) is 7.84. The molecular weight excluding hydrogens is 314 g/mol. The first-order valence-corrected chi connectivity index (χ1v) is 8.66. The number of hydrogen-bond donors (Lipinski definition) is 0. The number of nitrogens with zero attached hydrogens (tertiary/aromatic N) is 3. The van der Waals surface area contributed by atoms with Crippen molar-refractivity contribution in [2.75, 3.05) is 0 Å². The third-order valence-electron chi connectivity index (χ3n) is 4.17. The summed E-state index contributed by atoms with van der Waals surface area (Å²) >= 11 is 1.65. The van der Waals surface area contributed by atoms with E-state index in [4.69, 9.17) is 0 Å². The highest BCUT2D eigenvalue weighted by atomic mass is 32.1. The monoisotopic (exact) mass is 331 g/mol. The average molecular weight is 331 g/mol. The molecule has 0 aliphatic heterocycles. The number of fused-ring (bicyclic) bond motifs is 2. The van der Waals surface area contributed by atoms with Gasteiger partial charge in [-0.05, 0) is 41.5 Å². The Morgan fingerprint density at radius 3 is 2.50 bits per heavy atom. The summed E-state index contributed by atoms with van der Waals surface area (Å²) < 4.78 is 3.30. The topological polar surface area (TPSA) is 29.6 Å². The fraction of sp³-hybridized carbons (Fsp3) is 0.100. The third-order valence-corrected chi connectivity index (χ3v) is 5.27. The normalized spacial score (nSPS) is 13.1. The van der Waals surface area contributed by atoms with Gasteiger partial charge in [0.2, 0.25) is 4.80 Å². The molecule has 3 aromatic carbocycles. The standard InChI is InChI=1S/C20H17N3S/c1-14(16-12-11-15-7-3-4-8-17(15)13-16)21-22-20-23(2)18-9-5-6-10-19(18)24-20/h3-13H,1-2H3/b21-14+,22-20-. The Hall–Kier alpha value is -2.72. The predicted octanol–water partition coefficient (Wildman–Crippen LogP) is 4.72. The van der Waals surface area contributed by atoms with Crippen molar-refractivity contribution < 1.29 is 0 Å². The summed E-state index contributed by atoms with van der Waals surface area (Å²) in [5, 5.41) is 11.4. The summed E-state index contributed by atoms with van der Waals surface area (Å²) in [5.41, 5.74) is 3.19. The first kappa shape index (κ1) is 14.8. The van der Waals surface area contributed by atoms with Crippen molar-refractivity contribution in [1.29, 1.82) is 0 Å². The molecule has 118 valence electrons. The van der Waals surface area contributed by atoms with E-state index in [-0.39, 0.29) is 0 Å². The fourth-order valence-corrected chi connectivity index (χ4v) is 3.74. The van der Waals surface area contributed by atoms with E-state index < -0.39 is 0 Å². The number of benzene rings is 3. The Bertz CT molecular complexity index is 1130. The maximum absolute atomic E-state index is 4.47. The first-order chi connectivity index (χ1) is 11.7. The van der Waals surface area contributed by atoms with Crippen LogP contribution in [0.1, 0.15) is 12.5 Å². The van der Waals surface area contributed by atoms with E-state index >= 15 is 0 Å². The molecule has 0 fully saturated rings. The molecule has 0 aliphatic carbocycles. The summed E-state index contributed by atoms with van der Waals surface area (Å²) in [6.07, 6.45) is 0. The number of hydrogen-bond acceptors (Lipinski definition) is 3. The highest BCUT2D eigenvalue weighted by Crippen LogP contribution is 2.17. The largest absolute Gasteiger partial charge is 0.318 e. The average Bonchev–Trinajstić information content (AvgIpc) is 2.95. The van der Waals surface area contributed by atoms with Crippen molar-refractivity contribution in [3.8, 4) is 0 Å². The SMILES string of the molecule is C/C(=N\N=c1/sc2ccccc2n1C)c1ccc2ccccc2c1. The Morgan fingerprint density at radius 1 is 0.917 bits per heavy atom. The second kappa shape index (κ2) is 6.06. The maximum Gasteiger partial charge on any atom is 0.211 e. The van der Waals surface area contributed by atoms with Crippen LogP contribution in [0.25, 0.3) is 21.0 Å². The second-order valence-corrected chi connectivity index (χ2v) is 6.77. The third kappa shape index (κ3) is 2.65. The smallest absolute Gasteiger partial charge is 0.211 e. The molecule has 4 heteroatoms. The van der Waals surface area contributed by atoms with E-state index in [1.54, 1.807) is 11.3 Å².